The lowest BCUT2D eigenvalue weighted by Gasteiger charge is -2.05. The third-order valence-electron chi connectivity index (χ3n) is 2.95. The highest BCUT2D eigenvalue weighted by Crippen LogP contribution is 2.24. The molecule has 0 aliphatic heterocycles. The number of rotatable bonds is 5. The van der Waals surface area contributed by atoms with Crippen LogP contribution in [0.15, 0.2) is 41.0 Å². The van der Waals surface area contributed by atoms with Crippen molar-refractivity contribution in [3.63, 3.8) is 0 Å². The van der Waals surface area contributed by atoms with Crippen LogP contribution in [0, 0.1) is 0 Å². The van der Waals surface area contributed by atoms with Crippen LogP contribution in [0.1, 0.15) is 6.92 Å². The van der Waals surface area contributed by atoms with E-state index in [-0.39, 0.29) is 5.91 Å². The molecule has 0 radical (unpaired) electrons. The SMILES string of the molecule is CCn1c(SCC(=O)Nc2nccs2)nc2ccccc21. The number of nitrogens with one attached hydrogen (secondary N) is 1. The first-order valence-corrected chi connectivity index (χ1v) is 8.42. The van der Waals surface area contributed by atoms with E-state index in [9.17, 15) is 4.79 Å². The van der Waals surface area contributed by atoms with E-state index < -0.39 is 0 Å². The monoisotopic (exact) mass is 318 g/mol. The van der Waals surface area contributed by atoms with E-state index in [2.05, 4.69) is 26.8 Å². The third kappa shape index (κ3) is 3.08. The van der Waals surface area contributed by atoms with Crippen molar-refractivity contribution in [1.82, 2.24) is 14.5 Å². The highest BCUT2D eigenvalue weighted by Gasteiger charge is 2.12. The van der Waals surface area contributed by atoms with Crippen LogP contribution in [0.5, 0.6) is 0 Å². The summed E-state index contributed by atoms with van der Waals surface area (Å²) in [5.41, 5.74) is 2.06. The molecule has 0 spiro atoms. The molecule has 7 heteroatoms. The quantitative estimate of drug-likeness (QED) is 0.734. The van der Waals surface area contributed by atoms with Crippen LogP contribution in [0.3, 0.4) is 0 Å². The molecule has 0 fully saturated rings. The molecule has 3 rings (SSSR count). The van der Waals surface area contributed by atoms with Gasteiger partial charge in [0.05, 0.1) is 16.8 Å². The third-order valence-corrected chi connectivity index (χ3v) is 4.61. The van der Waals surface area contributed by atoms with E-state index in [0.717, 1.165) is 22.7 Å². The molecule has 0 bridgehead atoms. The van der Waals surface area contributed by atoms with Gasteiger partial charge >= 0.3 is 0 Å². The number of aromatic nitrogens is 3. The highest BCUT2D eigenvalue weighted by atomic mass is 32.2. The molecule has 2 heterocycles. The van der Waals surface area contributed by atoms with Crippen molar-refractivity contribution < 1.29 is 4.79 Å². The fraction of sp³-hybridized carbons (Fsp3) is 0.214. The Labute approximate surface area is 130 Å². The minimum absolute atomic E-state index is 0.0651. The smallest absolute Gasteiger partial charge is 0.236 e. The summed E-state index contributed by atoms with van der Waals surface area (Å²) >= 11 is 2.86. The number of carbonyl (C=O) groups is 1. The normalized spacial score (nSPS) is 10.9. The second kappa shape index (κ2) is 6.28. The Bertz CT molecular complexity index is 752. The number of para-hydroxylation sites is 2. The predicted molar refractivity (Wildman–Crippen MR) is 86.9 cm³/mol. The van der Waals surface area contributed by atoms with Crippen molar-refractivity contribution in [3.8, 4) is 0 Å². The summed E-state index contributed by atoms with van der Waals surface area (Å²) in [4.78, 5) is 20.5. The molecule has 21 heavy (non-hydrogen) atoms. The number of hydrogen-bond acceptors (Lipinski definition) is 5. The van der Waals surface area contributed by atoms with Crippen molar-refractivity contribution in [2.75, 3.05) is 11.1 Å². The number of carbonyl (C=O) groups excluding carboxylic acids is 1. The number of imidazole rings is 1. The Morgan fingerprint density at radius 2 is 2.29 bits per heavy atom. The van der Waals surface area contributed by atoms with Crippen molar-refractivity contribution in [3.05, 3.63) is 35.8 Å². The van der Waals surface area contributed by atoms with Gasteiger partial charge < -0.3 is 9.88 Å². The average molecular weight is 318 g/mol. The van der Waals surface area contributed by atoms with Gasteiger partial charge in [-0.05, 0) is 19.1 Å². The molecular weight excluding hydrogens is 304 g/mol. The van der Waals surface area contributed by atoms with E-state index in [1.165, 1.54) is 23.1 Å². The van der Waals surface area contributed by atoms with E-state index in [1.807, 2.05) is 29.6 Å². The summed E-state index contributed by atoms with van der Waals surface area (Å²) in [5.74, 6) is 0.257. The molecule has 3 aromatic rings. The molecule has 0 aliphatic rings. The molecule has 1 amide bonds. The lowest BCUT2D eigenvalue weighted by atomic mass is 10.3. The van der Waals surface area contributed by atoms with Gasteiger partial charge in [-0.3, -0.25) is 4.79 Å². The topological polar surface area (TPSA) is 59.8 Å². The molecule has 1 N–H and O–H groups in total. The zero-order valence-electron chi connectivity index (χ0n) is 11.4. The number of amides is 1. The Morgan fingerprint density at radius 1 is 1.43 bits per heavy atom. The number of thioether (sulfide) groups is 1. The lowest BCUT2D eigenvalue weighted by Crippen LogP contribution is -2.14. The van der Waals surface area contributed by atoms with Gasteiger partial charge in [0, 0.05) is 18.1 Å². The molecule has 2 aromatic heterocycles. The Kier molecular flexibility index (Phi) is 4.21. The maximum atomic E-state index is 11.9. The minimum Gasteiger partial charge on any atom is -0.319 e. The molecule has 0 atom stereocenters. The maximum absolute atomic E-state index is 11.9. The molecular formula is C14H14N4OS2. The second-order valence-corrected chi connectivity index (χ2v) is 6.14. The number of benzene rings is 1. The van der Waals surface area contributed by atoms with Crippen molar-refractivity contribution in [1.29, 1.82) is 0 Å². The molecule has 0 unspecified atom stereocenters. The second-order valence-electron chi connectivity index (χ2n) is 4.30. The Morgan fingerprint density at radius 3 is 3.05 bits per heavy atom. The van der Waals surface area contributed by atoms with Gasteiger partial charge in [0.15, 0.2) is 10.3 Å². The van der Waals surface area contributed by atoms with E-state index in [0.29, 0.717) is 10.9 Å². The number of nitrogens with zero attached hydrogens (tertiary/aromatic N) is 3. The van der Waals surface area contributed by atoms with Gasteiger partial charge in [-0.2, -0.15) is 0 Å². The van der Waals surface area contributed by atoms with Gasteiger partial charge in [-0.25, -0.2) is 9.97 Å². The zero-order chi connectivity index (χ0) is 14.7. The van der Waals surface area contributed by atoms with Crippen molar-refractivity contribution >= 4 is 45.2 Å². The molecule has 0 saturated heterocycles. The molecule has 108 valence electrons. The predicted octanol–water partition coefficient (Wildman–Crippen LogP) is 3.24. The molecule has 0 saturated carbocycles. The summed E-state index contributed by atoms with van der Waals surface area (Å²) in [5, 5.41) is 6.10. The van der Waals surface area contributed by atoms with Crippen molar-refractivity contribution in [2.24, 2.45) is 0 Å². The molecule has 0 aliphatic carbocycles. The Balaban J connectivity index is 1.71. The van der Waals surface area contributed by atoms with Crippen LogP contribution in [-0.2, 0) is 11.3 Å². The van der Waals surface area contributed by atoms with E-state index >= 15 is 0 Å². The number of fused-ring (bicyclic) bond motifs is 1. The van der Waals surface area contributed by atoms with Crippen LogP contribution >= 0.6 is 23.1 Å². The number of anilines is 1. The minimum atomic E-state index is -0.0651. The van der Waals surface area contributed by atoms with Gasteiger partial charge in [0.1, 0.15) is 0 Å². The molecule has 5 nitrogen and oxygen atoms in total. The maximum Gasteiger partial charge on any atom is 0.236 e. The van der Waals surface area contributed by atoms with Gasteiger partial charge in [0.25, 0.3) is 0 Å². The molecule has 1 aromatic carbocycles. The van der Waals surface area contributed by atoms with Crippen LogP contribution < -0.4 is 5.32 Å². The largest absolute Gasteiger partial charge is 0.319 e. The number of thiazole rings is 1. The lowest BCUT2D eigenvalue weighted by molar-refractivity contribution is -0.113. The summed E-state index contributed by atoms with van der Waals surface area (Å²) in [6.07, 6.45) is 1.67. The first-order valence-electron chi connectivity index (χ1n) is 6.55. The van der Waals surface area contributed by atoms with Crippen LogP contribution in [0.25, 0.3) is 11.0 Å². The van der Waals surface area contributed by atoms with Crippen LogP contribution in [-0.4, -0.2) is 26.2 Å². The number of aryl methyl sites for hydroxylation is 1. The first-order chi connectivity index (χ1) is 10.3. The Hall–Kier alpha value is -1.86. The van der Waals surface area contributed by atoms with Gasteiger partial charge in [-0.15, -0.1) is 11.3 Å². The fourth-order valence-corrected chi connectivity index (χ4v) is 3.46. The zero-order valence-corrected chi connectivity index (χ0v) is 13.1. The van der Waals surface area contributed by atoms with Gasteiger partial charge in [-0.1, -0.05) is 23.9 Å². The van der Waals surface area contributed by atoms with E-state index in [4.69, 9.17) is 0 Å². The summed E-state index contributed by atoms with van der Waals surface area (Å²) < 4.78 is 2.12. The van der Waals surface area contributed by atoms with Crippen molar-refractivity contribution in [2.45, 2.75) is 18.6 Å². The number of hydrogen-bond donors (Lipinski definition) is 1. The highest BCUT2D eigenvalue weighted by molar-refractivity contribution is 7.99. The summed E-state index contributed by atoms with van der Waals surface area (Å²) in [6.45, 7) is 2.91. The van der Waals surface area contributed by atoms with Gasteiger partial charge in [0.2, 0.25) is 5.91 Å². The summed E-state index contributed by atoms with van der Waals surface area (Å²) in [6, 6.07) is 8.01. The average Bonchev–Trinajstić information content (AvgIpc) is 3.11. The van der Waals surface area contributed by atoms with Crippen LogP contribution in [0.4, 0.5) is 5.13 Å². The first kappa shape index (κ1) is 14.1. The summed E-state index contributed by atoms with van der Waals surface area (Å²) in [7, 11) is 0. The fourth-order valence-electron chi connectivity index (χ4n) is 2.04. The standard InChI is InChI=1S/C14H14N4OS2/c1-2-18-11-6-4-3-5-10(11)16-14(18)21-9-12(19)17-13-15-7-8-20-13/h3-8H,2,9H2,1H3,(H,15,17,19). The van der Waals surface area contributed by atoms with Crippen LogP contribution in [0.2, 0.25) is 0 Å². The van der Waals surface area contributed by atoms with E-state index in [1.54, 1.807) is 6.20 Å².